The molecule has 0 N–H and O–H groups in total. The van der Waals surface area contributed by atoms with Crippen molar-refractivity contribution in [2.24, 2.45) is 23.7 Å². The molecule has 4 heteroatoms. The highest BCUT2D eigenvalue weighted by molar-refractivity contribution is 5.84. The highest BCUT2D eigenvalue weighted by atomic mass is 16.5. The Morgan fingerprint density at radius 2 is 1.29 bits per heavy atom. The Labute approximate surface area is 126 Å². The SMILES string of the molecule is C=C(C)COC(=O)C1C2CCC(C2)C1C(=O)OCC(=C)C. The molecule has 0 saturated heterocycles. The van der Waals surface area contributed by atoms with Crippen LogP contribution in [0.4, 0.5) is 0 Å². The monoisotopic (exact) mass is 292 g/mol. The zero-order valence-electron chi connectivity index (χ0n) is 12.9. The van der Waals surface area contributed by atoms with Crippen LogP contribution in [0.2, 0.25) is 0 Å². The number of esters is 2. The lowest BCUT2D eigenvalue weighted by Crippen LogP contribution is -2.37. The summed E-state index contributed by atoms with van der Waals surface area (Å²) in [7, 11) is 0. The zero-order valence-corrected chi connectivity index (χ0v) is 12.9. The standard InChI is InChI=1S/C17H24O4/c1-10(2)8-20-16(18)14-12-5-6-13(7-12)15(14)17(19)21-9-11(3)4/h12-15H,1,3,5-9H2,2,4H3. The quantitative estimate of drug-likeness (QED) is 0.558. The van der Waals surface area contributed by atoms with Crippen molar-refractivity contribution in [3.05, 3.63) is 24.3 Å². The fraction of sp³-hybridized carbons (Fsp3) is 0.647. The van der Waals surface area contributed by atoms with Gasteiger partial charge in [-0.1, -0.05) is 13.2 Å². The molecular formula is C17H24O4. The smallest absolute Gasteiger partial charge is 0.310 e. The van der Waals surface area contributed by atoms with Gasteiger partial charge in [0.2, 0.25) is 0 Å². The molecule has 2 saturated carbocycles. The molecule has 0 heterocycles. The first-order valence-electron chi connectivity index (χ1n) is 7.52. The van der Waals surface area contributed by atoms with Crippen LogP contribution in [0.25, 0.3) is 0 Å². The number of fused-ring (bicyclic) bond motifs is 2. The van der Waals surface area contributed by atoms with Crippen LogP contribution in [0.5, 0.6) is 0 Å². The maximum atomic E-state index is 12.3. The summed E-state index contributed by atoms with van der Waals surface area (Å²) < 4.78 is 10.6. The Morgan fingerprint density at radius 3 is 1.62 bits per heavy atom. The van der Waals surface area contributed by atoms with Crippen LogP contribution in [0.3, 0.4) is 0 Å². The Morgan fingerprint density at radius 1 is 0.905 bits per heavy atom. The molecule has 2 aliphatic rings. The highest BCUT2D eigenvalue weighted by Gasteiger charge is 2.55. The molecule has 4 unspecified atom stereocenters. The molecule has 0 radical (unpaired) electrons. The van der Waals surface area contributed by atoms with Gasteiger partial charge in [-0.2, -0.15) is 0 Å². The van der Waals surface area contributed by atoms with Crippen molar-refractivity contribution in [2.75, 3.05) is 13.2 Å². The molecule has 116 valence electrons. The van der Waals surface area contributed by atoms with Gasteiger partial charge in [0.25, 0.3) is 0 Å². The second-order valence-electron chi connectivity index (χ2n) is 6.51. The van der Waals surface area contributed by atoms with E-state index in [9.17, 15) is 9.59 Å². The number of ether oxygens (including phenoxy) is 2. The summed E-state index contributed by atoms with van der Waals surface area (Å²) >= 11 is 0. The van der Waals surface area contributed by atoms with Gasteiger partial charge in [-0.15, -0.1) is 0 Å². The number of hydrogen-bond acceptors (Lipinski definition) is 4. The second kappa shape index (κ2) is 6.46. The Balaban J connectivity index is 2.03. The summed E-state index contributed by atoms with van der Waals surface area (Å²) in [6.45, 7) is 11.5. The minimum atomic E-state index is -0.347. The molecule has 2 aliphatic carbocycles. The number of carbonyl (C=O) groups is 2. The Bertz CT molecular complexity index is 423. The van der Waals surface area contributed by atoms with E-state index in [1.54, 1.807) is 0 Å². The maximum Gasteiger partial charge on any atom is 0.310 e. The van der Waals surface area contributed by atoms with E-state index in [2.05, 4.69) is 13.2 Å². The van der Waals surface area contributed by atoms with Crippen LogP contribution >= 0.6 is 0 Å². The third-order valence-corrected chi connectivity index (χ3v) is 4.38. The van der Waals surface area contributed by atoms with Gasteiger partial charge in [-0.25, -0.2) is 0 Å². The highest BCUT2D eigenvalue weighted by Crippen LogP contribution is 2.53. The first-order valence-corrected chi connectivity index (χ1v) is 7.52. The lowest BCUT2D eigenvalue weighted by atomic mass is 9.79. The van der Waals surface area contributed by atoms with Crippen LogP contribution < -0.4 is 0 Å². The van der Waals surface area contributed by atoms with Gasteiger partial charge in [-0.05, 0) is 56.1 Å². The van der Waals surface area contributed by atoms with Gasteiger partial charge in [0.1, 0.15) is 13.2 Å². The first kappa shape index (κ1) is 15.8. The van der Waals surface area contributed by atoms with Crippen molar-refractivity contribution in [3.63, 3.8) is 0 Å². The molecule has 2 bridgehead atoms. The molecule has 0 aliphatic heterocycles. The van der Waals surface area contributed by atoms with Crippen molar-refractivity contribution < 1.29 is 19.1 Å². The maximum absolute atomic E-state index is 12.3. The predicted molar refractivity (Wildman–Crippen MR) is 79.4 cm³/mol. The largest absolute Gasteiger partial charge is 0.461 e. The van der Waals surface area contributed by atoms with Gasteiger partial charge in [-0.3, -0.25) is 9.59 Å². The molecule has 4 nitrogen and oxygen atoms in total. The number of rotatable bonds is 6. The van der Waals surface area contributed by atoms with Gasteiger partial charge in [0.05, 0.1) is 11.8 Å². The summed E-state index contributed by atoms with van der Waals surface area (Å²) in [5.41, 5.74) is 1.60. The molecule has 0 spiro atoms. The topological polar surface area (TPSA) is 52.6 Å². The van der Waals surface area contributed by atoms with Crippen molar-refractivity contribution in [2.45, 2.75) is 33.1 Å². The van der Waals surface area contributed by atoms with E-state index in [0.29, 0.717) is 0 Å². The lowest BCUT2D eigenvalue weighted by Gasteiger charge is -2.27. The molecule has 0 aromatic heterocycles. The van der Waals surface area contributed by atoms with E-state index in [-0.39, 0.29) is 48.8 Å². The van der Waals surface area contributed by atoms with Crippen molar-refractivity contribution >= 4 is 11.9 Å². The minimum Gasteiger partial charge on any atom is -0.461 e. The average molecular weight is 292 g/mol. The summed E-state index contributed by atoms with van der Waals surface area (Å²) in [6.07, 6.45) is 2.93. The van der Waals surface area contributed by atoms with E-state index in [1.807, 2.05) is 13.8 Å². The van der Waals surface area contributed by atoms with Crippen LogP contribution in [-0.4, -0.2) is 25.2 Å². The average Bonchev–Trinajstić information content (AvgIpc) is 3.02. The van der Waals surface area contributed by atoms with Crippen molar-refractivity contribution in [3.8, 4) is 0 Å². The molecular weight excluding hydrogens is 268 g/mol. The molecule has 2 rings (SSSR count). The fourth-order valence-corrected chi connectivity index (χ4v) is 3.55. The van der Waals surface area contributed by atoms with Gasteiger partial charge in [0, 0.05) is 0 Å². The van der Waals surface area contributed by atoms with Crippen molar-refractivity contribution in [1.29, 1.82) is 0 Å². The molecule has 21 heavy (non-hydrogen) atoms. The molecule has 0 aromatic carbocycles. The van der Waals surface area contributed by atoms with Crippen molar-refractivity contribution in [1.82, 2.24) is 0 Å². The Hall–Kier alpha value is -1.58. The molecule has 0 aromatic rings. The van der Waals surface area contributed by atoms with Gasteiger partial charge >= 0.3 is 11.9 Å². The van der Waals surface area contributed by atoms with Crippen LogP contribution in [0, 0.1) is 23.7 Å². The molecule has 4 atom stereocenters. The van der Waals surface area contributed by atoms with E-state index < -0.39 is 0 Å². The summed E-state index contributed by atoms with van der Waals surface area (Å²) in [5, 5.41) is 0. The summed E-state index contributed by atoms with van der Waals surface area (Å²) in [4.78, 5) is 24.6. The van der Waals surface area contributed by atoms with Crippen LogP contribution in [0.1, 0.15) is 33.1 Å². The van der Waals surface area contributed by atoms with E-state index in [4.69, 9.17) is 9.47 Å². The van der Waals surface area contributed by atoms with Crippen LogP contribution in [0.15, 0.2) is 24.3 Å². The van der Waals surface area contributed by atoms with E-state index in [0.717, 1.165) is 30.4 Å². The minimum absolute atomic E-state index is 0.222. The Kier molecular flexibility index (Phi) is 4.86. The van der Waals surface area contributed by atoms with Crippen LogP contribution in [-0.2, 0) is 19.1 Å². The first-order chi connectivity index (χ1) is 9.90. The lowest BCUT2D eigenvalue weighted by molar-refractivity contribution is -0.162. The molecule has 0 amide bonds. The third kappa shape index (κ3) is 3.55. The summed E-state index contributed by atoms with van der Waals surface area (Å²) in [6, 6.07) is 0. The van der Waals surface area contributed by atoms with Gasteiger partial charge in [0.15, 0.2) is 0 Å². The van der Waals surface area contributed by atoms with Gasteiger partial charge < -0.3 is 9.47 Å². The normalized spacial score (nSPS) is 30.0. The third-order valence-electron chi connectivity index (χ3n) is 4.38. The van der Waals surface area contributed by atoms with E-state index in [1.165, 1.54) is 0 Å². The zero-order chi connectivity index (χ0) is 15.6. The fourth-order valence-electron chi connectivity index (χ4n) is 3.55. The van der Waals surface area contributed by atoms with E-state index >= 15 is 0 Å². The number of hydrogen-bond donors (Lipinski definition) is 0. The summed E-state index contributed by atoms with van der Waals surface area (Å²) in [5.74, 6) is -0.726. The second-order valence-corrected chi connectivity index (χ2v) is 6.51. The predicted octanol–water partition coefficient (Wildman–Crippen LogP) is 2.89. The number of carbonyl (C=O) groups excluding carboxylic acids is 2. The molecule has 2 fully saturated rings.